The van der Waals surface area contributed by atoms with Crippen molar-refractivity contribution in [1.82, 2.24) is 14.5 Å². The van der Waals surface area contributed by atoms with Gasteiger partial charge in [0.2, 0.25) is 5.95 Å². The minimum atomic E-state index is -1.80. The van der Waals surface area contributed by atoms with Gasteiger partial charge in [0.05, 0.1) is 24.8 Å². The summed E-state index contributed by atoms with van der Waals surface area (Å²) in [6.45, 7) is 14.6. The number of hydrogen-bond acceptors (Lipinski definition) is 3. The van der Waals surface area contributed by atoms with Crippen LogP contribution in [0.25, 0.3) is 59.2 Å². The van der Waals surface area contributed by atoms with Crippen LogP contribution in [0.1, 0.15) is 41.5 Å². The number of hydrogen-bond donors (Lipinski definition) is 0. The van der Waals surface area contributed by atoms with E-state index in [1.54, 1.807) is 0 Å². The van der Waals surface area contributed by atoms with Gasteiger partial charge in [0, 0.05) is 42.7 Å². The van der Waals surface area contributed by atoms with Crippen LogP contribution >= 0.6 is 11.3 Å². The Kier molecular flexibility index (Phi) is 6.56. The first-order valence-electron chi connectivity index (χ1n) is 15.1. The molecule has 0 atom stereocenters. The zero-order valence-corrected chi connectivity index (χ0v) is 27.0. The number of para-hydroxylation sites is 1. The molecule has 3 heterocycles. The third-order valence-corrected chi connectivity index (χ3v) is 17.8. The average Bonchev–Trinajstić information content (AvgIpc) is 3.53. The molecule has 0 N–H and O–H groups in total. The molecule has 210 valence electrons. The van der Waals surface area contributed by atoms with Crippen LogP contribution in [0.3, 0.4) is 0 Å². The van der Waals surface area contributed by atoms with E-state index in [0.29, 0.717) is 22.6 Å². The van der Waals surface area contributed by atoms with Crippen molar-refractivity contribution in [2.75, 3.05) is 0 Å². The number of nitrogens with zero attached hydrogens (tertiary/aromatic N) is 3. The first-order valence-corrected chi connectivity index (χ1v) is 18.1. The van der Waals surface area contributed by atoms with Crippen molar-refractivity contribution in [1.29, 1.82) is 0 Å². The van der Waals surface area contributed by atoms with Gasteiger partial charge in [-0.3, -0.25) is 4.57 Å². The normalized spacial score (nSPS) is 12.7. The summed E-state index contributed by atoms with van der Waals surface area (Å²) in [5.41, 5.74) is 6.37. The van der Waals surface area contributed by atoms with Crippen molar-refractivity contribution < 1.29 is 0 Å². The maximum Gasteiger partial charge on any atom is 0.235 e. The third-order valence-electron chi connectivity index (χ3n) is 9.55. The van der Waals surface area contributed by atoms with E-state index in [-0.39, 0.29) is 0 Å². The van der Waals surface area contributed by atoms with Crippen molar-refractivity contribution in [3.05, 3.63) is 97.2 Å². The average molecular weight is 584 g/mol. The predicted octanol–water partition coefficient (Wildman–Crippen LogP) is 10.5. The first-order chi connectivity index (χ1) is 20.3. The Hall–Kier alpha value is -3.80. The highest BCUT2D eigenvalue weighted by molar-refractivity contribution is 7.26. The maximum atomic E-state index is 5.24. The van der Waals surface area contributed by atoms with Gasteiger partial charge < -0.3 is 0 Å². The summed E-state index contributed by atoms with van der Waals surface area (Å²) in [6.07, 6.45) is 1.92. The smallest absolute Gasteiger partial charge is 0.235 e. The quantitative estimate of drug-likeness (QED) is 0.182. The molecule has 0 radical (unpaired) electrons. The zero-order valence-electron chi connectivity index (χ0n) is 25.2. The minimum absolute atomic E-state index is 0.650. The molecule has 0 saturated carbocycles. The lowest BCUT2D eigenvalue weighted by Gasteiger charge is -2.43. The largest absolute Gasteiger partial charge is 0.278 e. The highest BCUT2D eigenvalue weighted by atomic mass is 32.1. The third kappa shape index (κ3) is 3.90. The Labute approximate surface area is 252 Å². The second-order valence-electron chi connectivity index (χ2n) is 12.5. The molecule has 0 bridgehead atoms. The van der Waals surface area contributed by atoms with Crippen molar-refractivity contribution in [2.45, 2.75) is 58.2 Å². The van der Waals surface area contributed by atoms with Crippen LogP contribution < -0.4 is 5.19 Å². The summed E-state index contributed by atoms with van der Waals surface area (Å²) < 4.78 is 4.89. The minimum Gasteiger partial charge on any atom is -0.278 e. The first kappa shape index (κ1) is 27.1. The highest BCUT2D eigenvalue weighted by Gasteiger charge is 2.44. The van der Waals surface area contributed by atoms with Crippen LogP contribution in [0.4, 0.5) is 0 Å². The lowest BCUT2D eigenvalue weighted by Crippen LogP contribution is -2.55. The van der Waals surface area contributed by atoms with Crippen LogP contribution in [-0.4, -0.2) is 22.6 Å². The molecule has 0 aliphatic carbocycles. The van der Waals surface area contributed by atoms with E-state index in [4.69, 9.17) is 9.97 Å². The van der Waals surface area contributed by atoms with Crippen LogP contribution in [0.5, 0.6) is 0 Å². The lowest BCUT2D eigenvalue weighted by atomic mass is 10.1. The molecule has 0 aliphatic rings. The topological polar surface area (TPSA) is 30.7 Å². The highest BCUT2D eigenvalue weighted by Crippen LogP contribution is 2.43. The maximum absolute atomic E-state index is 5.24. The molecule has 7 rings (SSSR count). The standard InChI is InChI=1S/C37H37N3SSi/c1-23(2)42(24(3)4,25(5)6)27-13-11-12-26(22-27)31-20-21-38-37(39-31)40-32-16-9-7-15-30(32)35-33(40)19-18-29-28-14-8-10-17-34(28)41-36(29)35/h7-25H,1-6H3. The molecular weight excluding hydrogens is 547 g/mol. The molecule has 4 aromatic carbocycles. The molecule has 0 unspecified atom stereocenters. The fourth-order valence-electron chi connectivity index (χ4n) is 8.02. The van der Waals surface area contributed by atoms with Crippen LogP contribution in [0.2, 0.25) is 16.6 Å². The zero-order chi connectivity index (χ0) is 29.2. The van der Waals surface area contributed by atoms with Gasteiger partial charge in [-0.1, -0.05) is 113 Å². The molecule has 0 saturated heterocycles. The summed E-state index contributed by atoms with van der Waals surface area (Å²) in [5, 5.41) is 6.68. The van der Waals surface area contributed by atoms with Gasteiger partial charge in [0.25, 0.3) is 0 Å². The molecule has 42 heavy (non-hydrogen) atoms. The van der Waals surface area contributed by atoms with E-state index in [1.165, 1.54) is 41.7 Å². The van der Waals surface area contributed by atoms with E-state index in [0.717, 1.165) is 16.7 Å². The van der Waals surface area contributed by atoms with Gasteiger partial charge in [-0.25, -0.2) is 9.97 Å². The van der Waals surface area contributed by atoms with E-state index >= 15 is 0 Å². The molecule has 0 aliphatic heterocycles. The molecule has 0 spiro atoms. The molecule has 7 aromatic rings. The van der Waals surface area contributed by atoms with Crippen molar-refractivity contribution in [3.63, 3.8) is 0 Å². The van der Waals surface area contributed by atoms with Gasteiger partial charge in [-0.05, 0) is 40.9 Å². The van der Waals surface area contributed by atoms with Gasteiger partial charge in [0.1, 0.15) is 0 Å². The van der Waals surface area contributed by atoms with Crippen molar-refractivity contribution in [3.8, 4) is 17.2 Å². The monoisotopic (exact) mass is 583 g/mol. The lowest BCUT2D eigenvalue weighted by molar-refractivity contribution is 0.835. The predicted molar refractivity (Wildman–Crippen MR) is 185 cm³/mol. The number of fused-ring (bicyclic) bond motifs is 7. The fraction of sp³-hybridized carbons (Fsp3) is 0.243. The van der Waals surface area contributed by atoms with E-state index in [1.807, 2.05) is 17.5 Å². The second-order valence-corrected chi connectivity index (χ2v) is 19.5. The van der Waals surface area contributed by atoms with Gasteiger partial charge in [-0.15, -0.1) is 11.3 Å². The Morgan fingerprint density at radius 3 is 2.14 bits per heavy atom. The second kappa shape index (κ2) is 10.2. The Balaban J connectivity index is 1.44. The van der Waals surface area contributed by atoms with Crippen LogP contribution in [-0.2, 0) is 0 Å². The summed E-state index contributed by atoms with van der Waals surface area (Å²) in [4.78, 5) is 10.1. The number of rotatable bonds is 6. The fourth-order valence-corrected chi connectivity index (χ4v) is 16.1. The van der Waals surface area contributed by atoms with Crippen LogP contribution in [0, 0.1) is 0 Å². The summed E-state index contributed by atoms with van der Waals surface area (Å²) in [7, 11) is -1.80. The van der Waals surface area contributed by atoms with E-state index in [2.05, 4.69) is 137 Å². The van der Waals surface area contributed by atoms with Gasteiger partial charge >= 0.3 is 0 Å². The Morgan fingerprint density at radius 2 is 1.38 bits per heavy atom. The van der Waals surface area contributed by atoms with Gasteiger partial charge in [-0.2, -0.15) is 0 Å². The molecule has 3 aromatic heterocycles. The molecular formula is C37H37N3SSi. The Morgan fingerprint density at radius 1 is 0.667 bits per heavy atom. The summed E-state index contributed by atoms with van der Waals surface area (Å²) in [6, 6.07) is 33.2. The molecule has 0 fully saturated rings. The molecule has 0 amide bonds. The number of thiophene rings is 1. The molecule has 5 heteroatoms. The van der Waals surface area contributed by atoms with Crippen molar-refractivity contribution in [2.24, 2.45) is 0 Å². The SMILES string of the molecule is CC(C)[Si](c1cccc(-c2ccnc(-n3c4ccccc4c4c5sc6ccccc6c5ccc43)n2)c1)(C(C)C)C(C)C. The summed E-state index contributed by atoms with van der Waals surface area (Å²) >= 11 is 1.87. The summed E-state index contributed by atoms with van der Waals surface area (Å²) in [5.74, 6) is 0.713. The number of benzene rings is 4. The van der Waals surface area contributed by atoms with E-state index in [9.17, 15) is 0 Å². The van der Waals surface area contributed by atoms with Gasteiger partial charge in [0.15, 0.2) is 0 Å². The Bertz CT molecular complexity index is 2080. The van der Waals surface area contributed by atoms with E-state index < -0.39 is 8.07 Å². The number of aromatic nitrogens is 3. The van der Waals surface area contributed by atoms with Crippen molar-refractivity contribution >= 4 is 66.6 Å². The van der Waals surface area contributed by atoms with Crippen LogP contribution in [0.15, 0.2) is 97.2 Å². The molecule has 3 nitrogen and oxygen atoms in total.